The van der Waals surface area contributed by atoms with Gasteiger partial charge < -0.3 is 0 Å². The Bertz CT molecular complexity index is 543. The molecule has 0 aliphatic carbocycles. The highest BCUT2D eigenvalue weighted by Gasteiger charge is 2.12. The van der Waals surface area contributed by atoms with Crippen molar-refractivity contribution >= 4 is 5.57 Å². The highest BCUT2D eigenvalue weighted by molar-refractivity contribution is 5.73. The molecule has 0 amide bonds. The van der Waals surface area contributed by atoms with Crippen LogP contribution in [0.2, 0.25) is 0 Å². The quantitative estimate of drug-likeness (QED) is 0.392. The van der Waals surface area contributed by atoms with Crippen LogP contribution in [0.4, 0.5) is 0 Å². The molecule has 0 aromatic heterocycles. The Balaban J connectivity index is 3.21. The number of benzene rings is 1. The van der Waals surface area contributed by atoms with Crippen molar-refractivity contribution in [2.45, 2.75) is 40.0 Å². The molecule has 0 saturated heterocycles. The summed E-state index contributed by atoms with van der Waals surface area (Å²) in [5.74, 6) is 0.537. The van der Waals surface area contributed by atoms with E-state index in [1.807, 2.05) is 18.2 Å². The second-order valence-corrected chi connectivity index (χ2v) is 5.71. The Morgan fingerprint density at radius 1 is 1.19 bits per heavy atom. The van der Waals surface area contributed by atoms with Gasteiger partial charge in [-0.2, -0.15) is 0 Å². The van der Waals surface area contributed by atoms with Gasteiger partial charge in [0.25, 0.3) is 0 Å². The lowest BCUT2D eigenvalue weighted by molar-refractivity contribution is 0.665. The maximum absolute atomic E-state index is 3.88. The predicted octanol–water partition coefficient (Wildman–Crippen LogP) is 6.20. The zero-order valence-electron chi connectivity index (χ0n) is 13.8. The molecule has 0 saturated carbocycles. The van der Waals surface area contributed by atoms with Gasteiger partial charge in [-0.3, -0.25) is 0 Å². The van der Waals surface area contributed by atoms with Crippen LogP contribution in [0.15, 0.2) is 56.2 Å². The first-order chi connectivity index (χ1) is 10.0. The first kappa shape index (κ1) is 17.2. The van der Waals surface area contributed by atoms with E-state index in [9.17, 15) is 0 Å². The Hall–Kier alpha value is -1.82. The Kier molecular flexibility index (Phi) is 6.94. The van der Waals surface area contributed by atoms with Crippen LogP contribution in [0, 0.1) is 19.8 Å². The fourth-order valence-corrected chi connectivity index (χ4v) is 2.70. The summed E-state index contributed by atoms with van der Waals surface area (Å²) in [6, 6.07) is 4.43. The molecule has 0 bridgehead atoms. The van der Waals surface area contributed by atoms with Gasteiger partial charge in [-0.25, -0.2) is 0 Å². The summed E-state index contributed by atoms with van der Waals surface area (Å²) in [5, 5.41) is 0. The van der Waals surface area contributed by atoms with Crippen LogP contribution in [-0.4, -0.2) is 0 Å². The molecule has 112 valence electrons. The number of allylic oxidation sites excluding steroid dienone is 5. The van der Waals surface area contributed by atoms with E-state index >= 15 is 0 Å². The van der Waals surface area contributed by atoms with Crippen LogP contribution < -0.4 is 0 Å². The third kappa shape index (κ3) is 4.60. The maximum atomic E-state index is 3.88. The van der Waals surface area contributed by atoms with Crippen molar-refractivity contribution in [2.75, 3.05) is 0 Å². The third-order valence-electron chi connectivity index (χ3n) is 4.06. The smallest absolute Gasteiger partial charge is 0.00973 e. The van der Waals surface area contributed by atoms with Crippen LogP contribution in [0.1, 0.15) is 42.0 Å². The number of hydrogen-bond acceptors (Lipinski definition) is 0. The Morgan fingerprint density at radius 3 is 2.48 bits per heavy atom. The average Bonchev–Trinajstić information content (AvgIpc) is 2.47. The Labute approximate surface area is 130 Å². The van der Waals surface area contributed by atoms with E-state index in [1.165, 1.54) is 27.8 Å². The van der Waals surface area contributed by atoms with Gasteiger partial charge in [0, 0.05) is 0 Å². The van der Waals surface area contributed by atoms with Gasteiger partial charge in [-0.1, -0.05) is 49.9 Å². The minimum atomic E-state index is 0.537. The lowest BCUT2D eigenvalue weighted by Gasteiger charge is -2.18. The van der Waals surface area contributed by atoms with Crippen molar-refractivity contribution in [3.05, 3.63) is 78.4 Å². The molecule has 1 atom stereocenters. The van der Waals surface area contributed by atoms with E-state index in [0.717, 1.165) is 19.3 Å². The minimum absolute atomic E-state index is 0.537. The van der Waals surface area contributed by atoms with Crippen LogP contribution >= 0.6 is 0 Å². The summed E-state index contributed by atoms with van der Waals surface area (Å²) in [5.41, 5.74) is 6.82. The molecule has 1 aromatic carbocycles. The molecule has 21 heavy (non-hydrogen) atoms. The van der Waals surface area contributed by atoms with Crippen LogP contribution in [0.25, 0.3) is 5.57 Å². The zero-order valence-corrected chi connectivity index (χ0v) is 13.8. The molecule has 0 N–H and O–H groups in total. The Morgan fingerprint density at radius 2 is 1.90 bits per heavy atom. The number of rotatable bonds is 8. The highest BCUT2D eigenvalue weighted by atomic mass is 14.2. The van der Waals surface area contributed by atoms with Gasteiger partial charge in [0.2, 0.25) is 0 Å². The molecule has 0 aliphatic heterocycles. The van der Waals surface area contributed by atoms with Crippen molar-refractivity contribution in [1.82, 2.24) is 0 Å². The number of hydrogen-bond donors (Lipinski definition) is 0. The molecule has 0 heterocycles. The summed E-state index contributed by atoms with van der Waals surface area (Å²) >= 11 is 0. The second-order valence-electron chi connectivity index (χ2n) is 5.71. The lowest BCUT2D eigenvalue weighted by atomic mass is 9.87. The molecule has 0 spiro atoms. The van der Waals surface area contributed by atoms with Gasteiger partial charge >= 0.3 is 0 Å². The van der Waals surface area contributed by atoms with E-state index in [2.05, 4.69) is 58.7 Å². The molecule has 0 fully saturated rings. The van der Waals surface area contributed by atoms with Crippen molar-refractivity contribution < 1.29 is 0 Å². The summed E-state index contributed by atoms with van der Waals surface area (Å²) in [4.78, 5) is 0. The van der Waals surface area contributed by atoms with E-state index in [-0.39, 0.29) is 0 Å². The molecule has 0 aliphatic rings. The number of aryl methyl sites for hydroxylation is 1. The van der Waals surface area contributed by atoms with Gasteiger partial charge in [0.15, 0.2) is 0 Å². The summed E-state index contributed by atoms with van der Waals surface area (Å²) in [7, 11) is 0. The lowest BCUT2D eigenvalue weighted by Crippen LogP contribution is -2.00. The first-order valence-corrected chi connectivity index (χ1v) is 7.69. The average molecular weight is 280 g/mol. The first-order valence-electron chi connectivity index (χ1n) is 7.69. The topological polar surface area (TPSA) is 0 Å². The monoisotopic (exact) mass is 280 g/mol. The molecule has 0 nitrogen and oxygen atoms in total. The van der Waals surface area contributed by atoms with Crippen molar-refractivity contribution in [3.8, 4) is 0 Å². The molecule has 1 unspecified atom stereocenters. The van der Waals surface area contributed by atoms with Gasteiger partial charge in [0.05, 0.1) is 0 Å². The normalized spacial score (nSPS) is 12.8. The van der Waals surface area contributed by atoms with Crippen LogP contribution in [-0.2, 0) is 6.42 Å². The third-order valence-corrected chi connectivity index (χ3v) is 4.06. The zero-order chi connectivity index (χ0) is 15.8. The highest BCUT2D eigenvalue weighted by Crippen LogP contribution is 2.30. The van der Waals surface area contributed by atoms with Gasteiger partial charge in [-0.15, -0.1) is 13.2 Å². The van der Waals surface area contributed by atoms with Crippen LogP contribution in [0.3, 0.4) is 0 Å². The van der Waals surface area contributed by atoms with E-state index < -0.39 is 0 Å². The second kappa shape index (κ2) is 8.46. The van der Waals surface area contributed by atoms with Crippen molar-refractivity contribution in [2.24, 2.45) is 5.92 Å². The summed E-state index contributed by atoms with van der Waals surface area (Å²) < 4.78 is 0. The SMILES string of the molecule is C=C/C=C(/CCC(C)C=C)c1c(C)ccc(CC=C)c1C. The van der Waals surface area contributed by atoms with Crippen molar-refractivity contribution in [1.29, 1.82) is 0 Å². The minimum Gasteiger partial charge on any atom is -0.103 e. The molecular weight excluding hydrogens is 252 g/mol. The maximum Gasteiger partial charge on any atom is -0.00973 e. The van der Waals surface area contributed by atoms with Gasteiger partial charge in [-0.05, 0) is 66.9 Å². The summed E-state index contributed by atoms with van der Waals surface area (Å²) in [6.07, 6.45) is 11.1. The van der Waals surface area contributed by atoms with Crippen molar-refractivity contribution in [3.63, 3.8) is 0 Å². The van der Waals surface area contributed by atoms with E-state index in [1.54, 1.807) is 0 Å². The molecular formula is C21H28. The fourth-order valence-electron chi connectivity index (χ4n) is 2.70. The molecule has 1 rings (SSSR count). The molecule has 0 heteroatoms. The van der Waals surface area contributed by atoms with Crippen LogP contribution in [0.5, 0.6) is 0 Å². The summed E-state index contributed by atoms with van der Waals surface area (Å²) in [6.45, 7) is 18.2. The predicted molar refractivity (Wildman–Crippen MR) is 96.6 cm³/mol. The largest absolute Gasteiger partial charge is 0.103 e. The van der Waals surface area contributed by atoms with E-state index in [4.69, 9.17) is 0 Å². The van der Waals surface area contributed by atoms with Gasteiger partial charge in [0.1, 0.15) is 0 Å². The fraction of sp³-hybridized carbons (Fsp3) is 0.333. The molecule has 0 radical (unpaired) electrons. The standard InChI is InChI=1S/C21H28/c1-7-10-19-15-13-17(5)21(18(19)6)20(11-8-2)14-12-16(4)9-3/h7-9,11,13,15-16H,1-3,10,12,14H2,4-6H3/b20-11-. The van der Waals surface area contributed by atoms with E-state index in [0.29, 0.717) is 5.92 Å². The molecule has 1 aromatic rings.